The summed E-state index contributed by atoms with van der Waals surface area (Å²) < 4.78 is 15.9. The lowest BCUT2D eigenvalue weighted by atomic mass is 10.1. The number of hydrogen-bond acceptors (Lipinski definition) is 6. The molecule has 1 fully saturated rings. The molecular weight excluding hydrogens is 270 g/mol. The number of methoxy groups -OCH3 is 2. The van der Waals surface area contributed by atoms with Crippen LogP contribution in [0.25, 0.3) is 11.4 Å². The Balaban J connectivity index is 1.78. The van der Waals surface area contributed by atoms with Crippen LogP contribution >= 0.6 is 0 Å². The highest BCUT2D eigenvalue weighted by Crippen LogP contribution is 2.31. The van der Waals surface area contributed by atoms with Crippen molar-refractivity contribution < 1.29 is 14.0 Å². The first-order valence-electron chi connectivity index (χ1n) is 7.08. The SMILES string of the molecule is COc1ccc(-c2noc(CC3CCCN3)n2)cc1OC. The minimum atomic E-state index is 0.448. The summed E-state index contributed by atoms with van der Waals surface area (Å²) >= 11 is 0. The summed E-state index contributed by atoms with van der Waals surface area (Å²) in [5.74, 6) is 2.57. The third-order valence-corrected chi connectivity index (χ3v) is 3.69. The molecule has 2 heterocycles. The average Bonchev–Trinajstić information content (AvgIpc) is 3.19. The summed E-state index contributed by atoms with van der Waals surface area (Å²) in [5, 5.41) is 7.47. The van der Waals surface area contributed by atoms with Crippen molar-refractivity contribution in [3.05, 3.63) is 24.1 Å². The molecule has 3 rings (SSSR count). The van der Waals surface area contributed by atoms with E-state index in [9.17, 15) is 0 Å². The molecule has 0 radical (unpaired) electrons. The van der Waals surface area contributed by atoms with Crippen LogP contribution in [-0.4, -0.2) is 36.9 Å². The molecule has 1 aromatic carbocycles. The van der Waals surface area contributed by atoms with Crippen molar-refractivity contribution in [1.29, 1.82) is 0 Å². The molecule has 6 heteroatoms. The summed E-state index contributed by atoms with van der Waals surface area (Å²) in [4.78, 5) is 4.46. The van der Waals surface area contributed by atoms with Crippen LogP contribution in [0, 0.1) is 0 Å². The van der Waals surface area contributed by atoms with Gasteiger partial charge < -0.3 is 19.3 Å². The normalized spacial score (nSPS) is 17.9. The third-order valence-electron chi connectivity index (χ3n) is 3.69. The fraction of sp³-hybridized carbons (Fsp3) is 0.467. The van der Waals surface area contributed by atoms with E-state index >= 15 is 0 Å². The van der Waals surface area contributed by atoms with E-state index in [2.05, 4.69) is 15.5 Å². The predicted octanol–water partition coefficient (Wildman–Crippen LogP) is 2.05. The van der Waals surface area contributed by atoms with Gasteiger partial charge in [0.2, 0.25) is 11.7 Å². The first-order chi connectivity index (χ1) is 10.3. The Morgan fingerprint density at radius 2 is 2.14 bits per heavy atom. The van der Waals surface area contributed by atoms with E-state index in [1.807, 2.05) is 18.2 Å². The van der Waals surface area contributed by atoms with E-state index in [0.29, 0.717) is 29.3 Å². The van der Waals surface area contributed by atoms with E-state index in [1.54, 1.807) is 14.2 Å². The highest BCUT2D eigenvalue weighted by Gasteiger charge is 2.19. The first kappa shape index (κ1) is 13.9. The van der Waals surface area contributed by atoms with E-state index in [4.69, 9.17) is 14.0 Å². The molecule has 0 amide bonds. The summed E-state index contributed by atoms with van der Waals surface area (Å²) in [6.07, 6.45) is 3.15. The van der Waals surface area contributed by atoms with Crippen LogP contribution in [0.5, 0.6) is 11.5 Å². The van der Waals surface area contributed by atoms with Gasteiger partial charge >= 0.3 is 0 Å². The molecule has 0 spiro atoms. The zero-order chi connectivity index (χ0) is 14.7. The zero-order valence-corrected chi connectivity index (χ0v) is 12.3. The van der Waals surface area contributed by atoms with Crippen LogP contribution in [0.2, 0.25) is 0 Å². The van der Waals surface area contributed by atoms with Crippen LogP contribution in [0.4, 0.5) is 0 Å². The number of ether oxygens (including phenoxy) is 2. The smallest absolute Gasteiger partial charge is 0.228 e. The van der Waals surface area contributed by atoms with E-state index < -0.39 is 0 Å². The van der Waals surface area contributed by atoms with Crippen molar-refractivity contribution in [3.8, 4) is 22.9 Å². The van der Waals surface area contributed by atoms with Gasteiger partial charge in [-0.2, -0.15) is 4.98 Å². The van der Waals surface area contributed by atoms with Gasteiger partial charge in [-0.25, -0.2) is 0 Å². The molecule has 21 heavy (non-hydrogen) atoms. The number of nitrogens with one attached hydrogen (secondary N) is 1. The van der Waals surface area contributed by atoms with Crippen molar-refractivity contribution >= 4 is 0 Å². The van der Waals surface area contributed by atoms with Crippen molar-refractivity contribution in [1.82, 2.24) is 15.5 Å². The first-order valence-corrected chi connectivity index (χ1v) is 7.08. The quantitative estimate of drug-likeness (QED) is 0.908. The molecule has 6 nitrogen and oxygen atoms in total. The largest absolute Gasteiger partial charge is 0.493 e. The minimum Gasteiger partial charge on any atom is -0.493 e. The van der Waals surface area contributed by atoms with Gasteiger partial charge in [0.1, 0.15) is 0 Å². The minimum absolute atomic E-state index is 0.448. The Bertz CT molecular complexity index is 606. The van der Waals surface area contributed by atoms with Gasteiger partial charge in [0, 0.05) is 18.0 Å². The molecule has 1 saturated heterocycles. The van der Waals surface area contributed by atoms with E-state index in [-0.39, 0.29) is 0 Å². The highest BCUT2D eigenvalue weighted by atomic mass is 16.5. The molecule has 1 aliphatic rings. The van der Waals surface area contributed by atoms with E-state index in [1.165, 1.54) is 6.42 Å². The van der Waals surface area contributed by atoms with Gasteiger partial charge in [0.05, 0.1) is 14.2 Å². The molecule has 0 bridgehead atoms. The fourth-order valence-electron chi connectivity index (χ4n) is 2.57. The Morgan fingerprint density at radius 1 is 1.29 bits per heavy atom. The highest BCUT2D eigenvalue weighted by molar-refractivity contribution is 5.60. The van der Waals surface area contributed by atoms with Gasteiger partial charge in [-0.15, -0.1) is 0 Å². The molecular formula is C15H19N3O3. The lowest BCUT2D eigenvalue weighted by Crippen LogP contribution is -2.23. The predicted molar refractivity (Wildman–Crippen MR) is 77.6 cm³/mol. The number of nitrogens with zero attached hydrogens (tertiary/aromatic N) is 2. The molecule has 0 aliphatic carbocycles. The maximum absolute atomic E-state index is 5.34. The molecule has 1 aliphatic heterocycles. The van der Waals surface area contributed by atoms with Crippen molar-refractivity contribution in [2.24, 2.45) is 0 Å². The summed E-state index contributed by atoms with van der Waals surface area (Å²) in [6.45, 7) is 1.07. The summed E-state index contributed by atoms with van der Waals surface area (Å²) in [7, 11) is 3.22. The van der Waals surface area contributed by atoms with Gasteiger partial charge in [0.25, 0.3) is 0 Å². The Labute approximate surface area is 123 Å². The number of benzene rings is 1. The number of rotatable bonds is 5. The molecule has 112 valence electrons. The summed E-state index contributed by atoms with van der Waals surface area (Å²) in [6, 6.07) is 6.03. The van der Waals surface area contributed by atoms with Crippen LogP contribution in [0.3, 0.4) is 0 Å². The second-order valence-corrected chi connectivity index (χ2v) is 5.08. The standard InChI is InChI=1S/C15H19N3O3/c1-19-12-6-5-10(8-13(12)20-2)15-17-14(21-18-15)9-11-4-3-7-16-11/h5-6,8,11,16H,3-4,7,9H2,1-2H3. The van der Waals surface area contributed by atoms with E-state index in [0.717, 1.165) is 24.9 Å². The lowest BCUT2D eigenvalue weighted by molar-refractivity contribution is 0.355. The monoisotopic (exact) mass is 289 g/mol. The molecule has 1 N–H and O–H groups in total. The molecule has 1 aromatic heterocycles. The maximum atomic E-state index is 5.34. The molecule has 0 saturated carbocycles. The Kier molecular flexibility index (Phi) is 4.06. The topological polar surface area (TPSA) is 69.4 Å². The zero-order valence-electron chi connectivity index (χ0n) is 12.3. The van der Waals surface area contributed by atoms with Gasteiger partial charge in [0.15, 0.2) is 11.5 Å². The Hall–Kier alpha value is -2.08. The van der Waals surface area contributed by atoms with Crippen molar-refractivity contribution in [2.75, 3.05) is 20.8 Å². The number of hydrogen-bond donors (Lipinski definition) is 1. The van der Waals surface area contributed by atoms with Gasteiger partial charge in [-0.3, -0.25) is 0 Å². The van der Waals surface area contributed by atoms with Crippen LogP contribution in [-0.2, 0) is 6.42 Å². The second kappa shape index (κ2) is 6.13. The number of aromatic nitrogens is 2. The molecule has 2 aromatic rings. The summed E-state index contributed by atoms with van der Waals surface area (Å²) in [5.41, 5.74) is 0.849. The Morgan fingerprint density at radius 3 is 2.86 bits per heavy atom. The third kappa shape index (κ3) is 3.00. The van der Waals surface area contributed by atoms with Crippen LogP contribution in [0.15, 0.2) is 22.7 Å². The second-order valence-electron chi connectivity index (χ2n) is 5.08. The maximum Gasteiger partial charge on any atom is 0.228 e. The van der Waals surface area contributed by atoms with Gasteiger partial charge in [-0.1, -0.05) is 5.16 Å². The fourth-order valence-corrected chi connectivity index (χ4v) is 2.57. The van der Waals surface area contributed by atoms with Crippen molar-refractivity contribution in [2.45, 2.75) is 25.3 Å². The van der Waals surface area contributed by atoms with Gasteiger partial charge in [-0.05, 0) is 37.6 Å². The van der Waals surface area contributed by atoms with Crippen LogP contribution < -0.4 is 14.8 Å². The average molecular weight is 289 g/mol. The molecule has 1 unspecified atom stereocenters. The lowest BCUT2D eigenvalue weighted by Gasteiger charge is -2.07. The molecule has 1 atom stereocenters. The van der Waals surface area contributed by atoms with Crippen LogP contribution in [0.1, 0.15) is 18.7 Å². The van der Waals surface area contributed by atoms with Crippen molar-refractivity contribution in [3.63, 3.8) is 0 Å².